The minimum Gasteiger partial charge on any atom is -0.336 e. The van der Waals surface area contributed by atoms with Crippen LogP contribution in [0.15, 0.2) is 6.07 Å². The first-order valence-electron chi connectivity index (χ1n) is 8.28. The van der Waals surface area contributed by atoms with Crippen LogP contribution >= 0.6 is 0 Å². The summed E-state index contributed by atoms with van der Waals surface area (Å²) in [5.41, 5.74) is 1.73. The Hall–Kier alpha value is -1.36. The SMILES string of the molecule is CCCN(CC1CCCN1)C(=O)c1cc(CC)nn1CC. The van der Waals surface area contributed by atoms with Crippen molar-refractivity contribution < 1.29 is 4.79 Å². The van der Waals surface area contributed by atoms with Crippen molar-refractivity contribution in [1.82, 2.24) is 20.0 Å². The molecule has 1 fully saturated rings. The van der Waals surface area contributed by atoms with Crippen molar-refractivity contribution in [2.24, 2.45) is 0 Å². The van der Waals surface area contributed by atoms with E-state index in [0.29, 0.717) is 6.04 Å². The topological polar surface area (TPSA) is 50.2 Å². The third kappa shape index (κ3) is 3.84. The first-order chi connectivity index (χ1) is 10.2. The average molecular weight is 292 g/mol. The first-order valence-corrected chi connectivity index (χ1v) is 8.28. The molecule has 1 aromatic heterocycles. The minimum atomic E-state index is 0.125. The zero-order valence-electron chi connectivity index (χ0n) is 13.6. The van der Waals surface area contributed by atoms with Gasteiger partial charge >= 0.3 is 0 Å². The van der Waals surface area contributed by atoms with Gasteiger partial charge in [-0.05, 0) is 45.2 Å². The van der Waals surface area contributed by atoms with Crippen molar-refractivity contribution in [2.45, 2.75) is 59.0 Å². The first kappa shape index (κ1) is 16.0. The van der Waals surface area contributed by atoms with Crippen LogP contribution in [0, 0.1) is 0 Å². The van der Waals surface area contributed by atoms with Crippen molar-refractivity contribution >= 4 is 5.91 Å². The van der Waals surface area contributed by atoms with E-state index in [1.54, 1.807) is 0 Å². The summed E-state index contributed by atoms with van der Waals surface area (Å²) < 4.78 is 1.84. The number of rotatable bonds is 7. The van der Waals surface area contributed by atoms with Gasteiger partial charge in [0, 0.05) is 25.7 Å². The summed E-state index contributed by atoms with van der Waals surface area (Å²) in [4.78, 5) is 14.9. The van der Waals surface area contributed by atoms with E-state index < -0.39 is 0 Å². The van der Waals surface area contributed by atoms with Crippen molar-refractivity contribution in [3.8, 4) is 0 Å². The molecule has 1 atom stereocenters. The molecule has 0 radical (unpaired) electrons. The Morgan fingerprint density at radius 2 is 2.29 bits per heavy atom. The third-order valence-corrected chi connectivity index (χ3v) is 4.10. The van der Waals surface area contributed by atoms with Gasteiger partial charge in [-0.1, -0.05) is 13.8 Å². The lowest BCUT2D eigenvalue weighted by Gasteiger charge is -2.25. The number of carbonyl (C=O) groups excluding carboxylic acids is 1. The molecule has 1 aliphatic rings. The number of hydrogen-bond donors (Lipinski definition) is 1. The van der Waals surface area contributed by atoms with E-state index >= 15 is 0 Å². The lowest BCUT2D eigenvalue weighted by molar-refractivity contribution is 0.0729. The predicted octanol–water partition coefficient (Wildman–Crippen LogP) is 2.07. The van der Waals surface area contributed by atoms with Crippen LogP contribution in [-0.4, -0.2) is 46.3 Å². The molecule has 118 valence electrons. The van der Waals surface area contributed by atoms with Crippen LogP contribution in [0.3, 0.4) is 0 Å². The molecule has 0 spiro atoms. The maximum atomic E-state index is 12.9. The Bertz CT molecular complexity index is 463. The normalized spacial score (nSPS) is 18.1. The van der Waals surface area contributed by atoms with Crippen LogP contribution in [0.4, 0.5) is 0 Å². The molecule has 0 aromatic carbocycles. The molecule has 0 saturated carbocycles. The number of nitrogens with zero attached hydrogens (tertiary/aromatic N) is 3. The highest BCUT2D eigenvalue weighted by atomic mass is 16.2. The summed E-state index contributed by atoms with van der Waals surface area (Å²) in [5, 5.41) is 7.98. The number of carbonyl (C=O) groups is 1. The lowest BCUT2D eigenvalue weighted by atomic mass is 10.2. The van der Waals surface area contributed by atoms with E-state index in [2.05, 4.69) is 24.3 Å². The highest BCUT2D eigenvalue weighted by Crippen LogP contribution is 2.13. The lowest BCUT2D eigenvalue weighted by Crippen LogP contribution is -2.42. The molecular weight excluding hydrogens is 264 g/mol. The summed E-state index contributed by atoms with van der Waals surface area (Å²) in [6.45, 7) is 9.66. The molecule has 21 heavy (non-hydrogen) atoms. The Morgan fingerprint density at radius 3 is 2.86 bits per heavy atom. The smallest absolute Gasteiger partial charge is 0.272 e. The van der Waals surface area contributed by atoms with Crippen LogP contribution < -0.4 is 5.32 Å². The van der Waals surface area contributed by atoms with Crippen LogP contribution in [-0.2, 0) is 13.0 Å². The molecule has 1 aromatic rings. The van der Waals surface area contributed by atoms with E-state index in [1.807, 2.05) is 22.6 Å². The van der Waals surface area contributed by atoms with Gasteiger partial charge in [-0.15, -0.1) is 0 Å². The second-order valence-corrected chi connectivity index (χ2v) is 5.73. The fraction of sp³-hybridized carbons (Fsp3) is 0.750. The second kappa shape index (κ2) is 7.59. The minimum absolute atomic E-state index is 0.125. The molecule has 1 unspecified atom stereocenters. The van der Waals surface area contributed by atoms with Crippen LogP contribution in [0.5, 0.6) is 0 Å². The maximum Gasteiger partial charge on any atom is 0.272 e. The van der Waals surface area contributed by atoms with Gasteiger partial charge in [-0.3, -0.25) is 9.48 Å². The number of aromatic nitrogens is 2. The largest absolute Gasteiger partial charge is 0.336 e. The second-order valence-electron chi connectivity index (χ2n) is 5.73. The zero-order chi connectivity index (χ0) is 15.2. The molecule has 0 bridgehead atoms. The standard InChI is InChI=1S/C16H28N4O/c1-4-10-19(12-14-8-7-9-17-14)16(21)15-11-13(5-2)18-20(15)6-3/h11,14,17H,4-10,12H2,1-3H3. The molecule has 1 saturated heterocycles. The van der Waals surface area contributed by atoms with Gasteiger partial charge in [0.05, 0.1) is 5.69 Å². The van der Waals surface area contributed by atoms with Gasteiger partial charge in [0.15, 0.2) is 0 Å². The molecule has 0 aliphatic carbocycles. The highest BCUT2D eigenvalue weighted by Gasteiger charge is 2.24. The number of amides is 1. The van der Waals surface area contributed by atoms with E-state index in [1.165, 1.54) is 12.8 Å². The van der Waals surface area contributed by atoms with Gasteiger partial charge in [0.2, 0.25) is 0 Å². The monoisotopic (exact) mass is 292 g/mol. The predicted molar refractivity (Wildman–Crippen MR) is 84.5 cm³/mol. The molecule has 5 heteroatoms. The van der Waals surface area contributed by atoms with Crippen LogP contribution in [0.1, 0.15) is 56.2 Å². The Kier molecular flexibility index (Phi) is 5.79. The van der Waals surface area contributed by atoms with Crippen molar-refractivity contribution in [3.63, 3.8) is 0 Å². The fourth-order valence-corrected chi connectivity index (χ4v) is 2.94. The van der Waals surface area contributed by atoms with E-state index in [-0.39, 0.29) is 5.91 Å². The maximum absolute atomic E-state index is 12.9. The molecular formula is C16H28N4O. The molecule has 1 amide bonds. The highest BCUT2D eigenvalue weighted by molar-refractivity contribution is 5.92. The number of hydrogen-bond acceptors (Lipinski definition) is 3. The van der Waals surface area contributed by atoms with E-state index in [9.17, 15) is 4.79 Å². The van der Waals surface area contributed by atoms with Crippen molar-refractivity contribution in [2.75, 3.05) is 19.6 Å². The van der Waals surface area contributed by atoms with Gasteiger partial charge < -0.3 is 10.2 Å². The van der Waals surface area contributed by atoms with E-state index in [4.69, 9.17) is 0 Å². The summed E-state index contributed by atoms with van der Waals surface area (Å²) in [5.74, 6) is 0.125. The Labute approximate surface area is 127 Å². The van der Waals surface area contributed by atoms with E-state index in [0.717, 1.165) is 50.4 Å². The van der Waals surface area contributed by atoms with Crippen LogP contribution in [0.2, 0.25) is 0 Å². The van der Waals surface area contributed by atoms with Crippen LogP contribution in [0.25, 0.3) is 0 Å². The summed E-state index contributed by atoms with van der Waals surface area (Å²) in [6.07, 6.45) is 4.23. The third-order valence-electron chi connectivity index (χ3n) is 4.10. The molecule has 2 rings (SSSR count). The molecule has 1 N–H and O–H groups in total. The Balaban J connectivity index is 2.14. The quantitative estimate of drug-likeness (QED) is 0.837. The van der Waals surface area contributed by atoms with Gasteiger partial charge in [-0.25, -0.2) is 0 Å². The molecule has 1 aliphatic heterocycles. The summed E-state index contributed by atoms with van der Waals surface area (Å²) in [6, 6.07) is 2.40. The average Bonchev–Trinajstić information content (AvgIpc) is 3.14. The fourth-order valence-electron chi connectivity index (χ4n) is 2.94. The van der Waals surface area contributed by atoms with Crippen molar-refractivity contribution in [1.29, 1.82) is 0 Å². The summed E-state index contributed by atoms with van der Waals surface area (Å²) in [7, 11) is 0. The van der Waals surface area contributed by atoms with Gasteiger partial charge in [0.1, 0.15) is 5.69 Å². The zero-order valence-corrected chi connectivity index (χ0v) is 13.6. The summed E-state index contributed by atoms with van der Waals surface area (Å²) >= 11 is 0. The van der Waals surface area contributed by atoms with Gasteiger partial charge in [0.25, 0.3) is 5.91 Å². The van der Waals surface area contributed by atoms with Gasteiger partial charge in [-0.2, -0.15) is 5.10 Å². The molecule has 5 nitrogen and oxygen atoms in total. The number of aryl methyl sites for hydroxylation is 2. The Morgan fingerprint density at radius 1 is 1.48 bits per heavy atom. The van der Waals surface area contributed by atoms with Crippen molar-refractivity contribution in [3.05, 3.63) is 17.5 Å². The molecule has 2 heterocycles. The number of nitrogens with one attached hydrogen (secondary N) is 1.